The van der Waals surface area contributed by atoms with E-state index in [0.717, 1.165) is 77.1 Å². The van der Waals surface area contributed by atoms with Gasteiger partial charge < -0.3 is 97.3 Å². The standard InChI is InChI=1S/C57H70N12O20S2.Na/c1-26-23-68-45(46(26)76)53(83)59-22-33(71)19-35(60-49(79)29-8-6-28(7-9-29)36-25-69-57(61-36)90-54(65-69)30-10-13-32(14-11-30)66-16-4-3-5-17-66)50(80)62-42(27(2)70)55(84)67-24-34(72)20-37(67)51(81)64-44(52(82)63-43(56(68)85)39(74)21-41(58)75)48(78)47(77)31-12-15-38(73)40(18-31)87-91-89-88-86;/h6-15,18,25-27,33-35,37,39,42-48,70-74,76-78,86H,3-5,16-17,19-24H2,1-2H3,(H2,58,75)(H,59,83)(H,60,79)(H,62,80)(H,63,82)(H,64,81);/q;+1/p-1/t26?,27?,33?,34?,35-,37?,39?,42?,43?,44?,45?,46?,47?,48?;/m0./s1. The van der Waals surface area contributed by atoms with Crippen molar-refractivity contribution in [2.24, 2.45) is 11.7 Å². The van der Waals surface area contributed by atoms with Gasteiger partial charge in [0.05, 0.1) is 48.8 Å². The Morgan fingerprint density at radius 1 is 0.815 bits per heavy atom. The molecule has 4 fully saturated rings. The molecule has 14 atom stereocenters. The Morgan fingerprint density at radius 2 is 1.48 bits per heavy atom. The van der Waals surface area contributed by atoms with Crippen molar-refractivity contribution < 1.29 is 128 Å². The predicted molar refractivity (Wildman–Crippen MR) is 316 cm³/mol. The smallest absolute Gasteiger partial charge is 0.691 e. The second kappa shape index (κ2) is 31.2. The molecule has 3 aromatic carbocycles. The van der Waals surface area contributed by atoms with Crippen LogP contribution in [0.5, 0.6) is 11.5 Å². The van der Waals surface area contributed by atoms with Gasteiger partial charge in [0.25, 0.3) is 18.2 Å². The molecule has 490 valence electrons. The van der Waals surface area contributed by atoms with E-state index in [9.17, 15) is 84.5 Å². The second-order valence-corrected chi connectivity index (χ2v) is 24.2. The SMILES string of the molecule is CC(O)C1NC(=O)[C@@H](NC(=O)c2ccc(-c3cn4nc(-c5ccc(N6CCCCC6)cc5)sc4n3)cc2)CC(O)CNC(=O)C2C(O)C(C)CN2C(=O)C(C(O)CC(N)=O)NC(=O)C(C(O)C(O)c2ccc(O)c(OSOO[O-])c2)NC(=O)C2CC(O)CN2C1=O.[Na+]. The number of primary amides is 1. The first-order chi connectivity index (χ1) is 43.4. The number of anilines is 1. The summed E-state index contributed by atoms with van der Waals surface area (Å²) in [6, 6.07) is 4.88. The number of phenols is 1. The normalized spacial score (nSPS) is 26.0. The number of imidazole rings is 1. The van der Waals surface area contributed by atoms with E-state index in [1.165, 1.54) is 36.8 Å². The molecule has 2 aromatic heterocycles. The number of phenolic OH excluding ortho intramolecular Hbond substituents is 1. The summed E-state index contributed by atoms with van der Waals surface area (Å²) >= 11 is 1.30. The third-order valence-electron chi connectivity index (χ3n) is 16.3. The number of hydrogen-bond acceptors (Lipinski definition) is 25. The Morgan fingerprint density at radius 3 is 2.14 bits per heavy atom. The number of fused-ring (bicyclic) bond motifs is 3. The number of nitrogens with zero attached hydrogens (tertiary/aromatic N) is 6. The molecule has 13 unspecified atom stereocenters. The van der Waals surface area contributed by atoms with Crippen molar-refractivity contribution in [1.29, 1.82) is 0 Å². The molecule has 15 N–H and O–H groups in total. The average molecular weight is 1330 g/mol. The molecule has 0 saturated carbocycles. The minimum atomic E-state index is -2.54. The number of aliphatic hydroxyl groups is 7. The molecule has 92 heavy (non-hydrogen) atoms. The van der Waals surface area contributed by atoms with E-state index in [1.54, 1.807) is 22.8 Å². The van der Waals surface area contributed by atoms with E-state index < -0.39 is 183 Å². The molecule has 8 amide bonds. The van der Waals surface area contributed by atoms with Crippen LogP contribution in [0.4, 0.5) is 5.69 Å². The molecule has 35 heteroatoms. The third kappa shape index (κ3) is 16.4. The zero-order valence-corrected chi connectivity index (χ0v) is 53.5. The Labute approximate surface area is 554 Å². The molecule has 5 aromatic rings. The van der Waals surface area contributed by atoms with Crippen LogP contribution in [0.3, 0.4) is 0 Å². The maximum absolute atomic E-state index is 14.7. The molecule has 0 aliphatic carbocycles. The fourth-order valence-corrected chi connectivity index (χ4v) is 12.5. The van der Waals surface area contributed by atoms with Gasteiger partial charge in [-0.25, -0.2) is 9.50 Å². The first kappa shape index (κ1) is 70.7. The second-order valence-electron chi connectivity index (χ2n) is 22.8. The van der Waals surface area contributed by atoms with E-state index in [1.807, 2.05) is 12.1 Å². The molecule has 0 bridgehead atoms. The monoisotopic (exact) mass is 1330 g/mol. The molecule has 0 radical (unpaired) electrons. The molecule has 0 spiro atoms. The van der Waals surface area contributed by atoms with Crippen LogP contribution in [0, 0.1) is 5.92 Å². The topological polar surface area (TPSA) is 475 Å². The average Bonchev–Trinajstić information content (AvgIpc) is 1.66. The maximum Gasteiger partial charge on any atom is 1.00 e. The van der Waals surface area contributed by atoms with E-state index >= 15 is 0 Å². The van der Waals surface area contributed by atoms with Crippen LogP contribution < -0.4 is 76.2 Å². The van der Waals surface area contributed by atoms with Gasteiger partial charge in [-0.05, 0) is 80.3 Å². The van der Waals surface area contributed by atoms with E-state index in [4.69, 9.17) is 20.0 Å². The summed E-state index contributed by atoms with van der Waals surface area (Å²) in [5.74, 6) is -12.0. The molecule has 32 nitrogen and oxygen atoms in total. The summed E-state index contributed by atoms with van der Waals surface area (Å²) < 4.78 is 10.7. The van der Waals surface area contributed by atoms with Gasteiger partial charge in [-0.15, -0.1) is 4.33 Å². The van der Waals surface area contributed by atoms with Crippen LogP contribution in [0.15, 0.2) is 72.9 Å². The molecular weight excluding hydrogens is 1260 g/mol. The number of hydrogen-bond donors (Lipinski definition) is 14. The molecule has 4 aliphatic heterocycles. The summed E-state index contributed by atoms with van der Waals surface area (Å²) in [4.78, 5) is 123. The molecule has 4 saturated heterocycles. The molecule has 6 heterocycles. The number of rotatable bonds is 16. The third-order valence-corrected chi connectivity index (χ3v) is 17.6. The molecule has 4 aliphatic rings. The van der Waals surface area contributed by atoms with Crippen LogP contribution in [-0.4, -0.2) is 218 Å². The van der Waals surface area contributed by atoms with Crippen LogP contribution in [0.1, 0.15) is 74.4 Å². The Kier molecular flexibility index (Phi) is 24.0. The van der Waals surface area contributed by atoms with Crippen molar-refractivity contribution >= 4 is 81.6 Å². The number of piperidine rings is 1. The first-order valence-electron chi connectivity index (χ1n) is 29.0. The summed E-state index contributed by atoms with van der Waals surface area (Å²) in [5, 5.41) is 121. The summed E-state index contributed by atoms with van der Waals surface area (Å²) in [6.45, 7) is 2.72. The number of amides is 8. The van der Waals surface area contributed by atoms with Gasteiger partial charge in [0.15, 0.2) is 11.5 Å². The first-order valence-corrected chi connectivity index (χ1v) is 30.5. The Balaban J connectivity index is 0.0000109. The number of carbonyl (C=O) groups excluding carboxylic acids is 8. The van der Waals surface area contributed by atoms with Crippen LogP contribution in [0.25, 0.3) is 26.8 Å². The number of β-amino-alcohol motifs (C(OH)–C–C–N with tert-alkyl or cyclic N) is 1. The van der Waals surface area contributed by atoms with E-state index in [0.29, 0.717) is 16.2 Å². The molecule has 9 rings (SSSR count). The van der Waals surface area contributed by atoms with Crippen molar-refractivity contribution in [1.82, 2.24) is 51.0 Å². The van der Waals surface area contributed by atoms with Crippen molar-refractivity contribution in [3.05, 3.63) is 84.1 Å². The van der Waals surface area contributed by atoms with Crippen LogP contribution >= 0.6 is 23.7 Å². The van der Waals surface area contributed by atoms with Gasteiger partial charge in [0, 0.05) is 73.9 Å². The van der Waals surface area contributed by atoms with Gasteiger partial charge >= 0.3 is 29.6 Å². The Bertz CT molecular complexity index is 3440. The summed E-state index contributed by atoms with van der Waals surface area (Å²) in [6.07, 6.45) is -10.9. The summed E-state index contributed by atoms with van der Waals surface area (Å²) in [5.41, 5.74) is 8.21. The van der Waals surface area contributed by atoms with Crippen LogP contribution in [-0.2, 0) is 42.9 Å². The largest absolute Gasteiger partial charge is 1.00 e. The number of aliphatic hydroxyl groups excluding tert-OH is 7. The van der Waals surface area contributed by atoms with Crippen molar-refractivity contribution in [2.45, 2.75) is 131 Å². The summed E-state index contributed by atoms with van der Waals surface area (Å²) in [7, 11) is 0. The molecular formula is C57H69N12NaO20S2. The van der Waals surface area contributed by atoms with Gasteiger partial charge in [-0.1, -0.05) is 36.5 Å². The fourth-order valence-electron chi connectivity index (χ4n) is 11.4. The van der Waals surface area contributed by atoms with Crippen LogP contribution in [0.2, 0.25) is 0 Å². The van der Waals surface area contributed by atoms with Gasteiger partial charge in [-0.3, -0.25) is 43.4 Å². The number of aromatic hydroxyl groups is 1. The van der Waals surface area contributed by atoms with Gasteiger partial charge in [0.2, 0.25) is 46.3 Å². The van der Waals surface area contributed by atoms with Crippen molar-refractivity contribution in [3.63, 3.8) is 0 Å². The number of carbonyl (C=O) groups is 8. The predicted octanol–water partition coefficient (Wildman–Crippen LogP) is -6.70. The number of nitrogens with one attached hydrogen (secondary N) is 5. The quantitative estimate of drug-likeness (QED) is 0.0144. The van der Waals surface area contributed by atoms with Gasteiger partial charge in [0.1, 0.15) is 53.5 Å². The van der Waals surface area contributed by atoms with Crippen molar-refractivity contribution in [2.75, 3.05) is 37.6 Å². The van der Waals surface area contributed by atoms with Gasteiger partial charge in [-0.2, -0.15) is 5.10 Å². The zero-order valence-electron chi connectivity index (χ0n) is 49.8. The minimum absolute atomic E-state index is 0. The van der Waals surface area contributed by atoms with E-state index in [2.05, 4.69) is 53.0 Å². The van der Waals surface area contributed by atoms with Crippen molar-refractivity contribution in [3.8, 4) is 33.3 Å². The number of aromatic nitrogens is 3. The zero-order chi connectivity index (χ0) is 65.5. The van der Waals surface area contributed by atoms with E-state index in [-0.39, 0.29) is 53.0 Å². The fraction of sp³-hybridized carbons (Fsp3) is 0.474. The number of benzene rings is 3. The number of nitrogens with two attached hydrogens (primary N) is 1. The minimum Gasteiger partial charge on any atom is -0.691 e. The maximum atomic E-state index is 14.7. The Hall–Kier alpha value is -7.13.